The lowest BCUT2D eigenvalue weighted by atomic mass is 9.78. The molecule has 0 heterocycles. The molecule has 0 aliphatic carbocycles. The number of amides is 1. The zero-order valence-corrected chi connectivity index (χ0v) is 14.0. The number of hydrogen-bond acceptors (Lipinski definition) is 3. The Morgan fingerprint density at radius 1 is 1.20 bits per heavy atom. The van der Waals surface area contributed by atoms with Gasteiger partial charge in [-0.2, -0.15) is 0 Å². The number of nitrogens with one attached hydrogen (secondary N) is 1. The molecule has 0 fully saturated rings. The predicted molar refractivity (Wildman–Crippen MR) is 84.6 cm³/mol. The van der Waals surface area contributed by atoms with E-state index in [1.807, 2.05) is 6.92 Å². The van der Waals surface area contributed by atoms with Gasteiger partial charge in [-0.05, 0) is 25.7 Å². The van der Waals surface area contributed by atoms with E-state index >= 15 is 0 Å². The average molecular weight is 286 g/mol. The van der Waals surface area contributed by atoms with E-state index in [0.717, 1.165) is 25.7 Å². The first-order chi connectivity index (χ1) is 9.47. The van der Waals surface area contributed by atoms with Gasteiger partial charge in [0.2, 0.25) is 5.91 Å². The van der Waals surface area contributed by atoms with Gasteiger partial charge in [0.1, 0.15) is 0 Å². The van der Waals surface area contributed by atoms with Crippen LogP contribution in [0, 0.1) is 11.3 Å². The number of rotatable bonds is 11. The summed E-state index contributed by atoms with van der Waals surface area (Å²) in [4.78, 5) is 12.7. The molecule has 0 bridgehead atoms. The molecule has 0 aliphatic rings. The Bertz CT molecular complexity index is 261. The van der Waals surface area contributed by atoms with Crippen molar-refractivity contribution in [1.82, 2.24) is 5.32 Å². The van der Waals surface area contributed by atoms with Crippen LogP contribution in [0.3, 0.4) is 0 Å². The molecule has 1 atom stereocenters. The Labute approximate surface area is 124 Å². The van der Waals surface area contributed by atoms with Gasteiger partial charge in [-0.3, -0.25) is 4.79 Å². The second-order valence-electron chi connectivity index (χ2n) is 5.97. The number of carbonyl (C=O) groups excluding carboxylic acids is 1. The molecular weight excluding hydrogens is 252 g/mol. The van der Waals surface area contributed by atoms with Gasteiger partial charge < -0.3 is 15.8 Å². The maximum absolute atomic E-state index is 12.7. The van der Waals surface area contributed by atoms with E-state index in [0.29, 0.717) is 25.7 Å². The minimum Gasteiger partial charge on any atom is -0.380 e. The van der Waals surface area contributed by atoms with E-state index < -0.39 is 5.41 Å². The first-order valence-corrected chi connectivity index (χ1v) is 8.06. The largest absolute Gasteiger partial charge is 0.380 e. The molecule has 0 aliphatic heterocycles. The van der Waals surface area contributed by atoms with Gasteiger partial charge in [-0.15, -0.1) is 0 Å². The number of nitrogens with two attached hydrogens (primary N) is 1. The second kappa shape index (κ2) is 10.2. The van der Waals surface area contributed by atoms with Crippen LogP contribution >= 0.6 is 0 Å². The molecule has 0 aromatic heterocycles. The van der Waals surface area contributed by atoms with Crippen molar-refractivity contribution >= 4 is 5.91 Å². The topological polar surface area (TPSA) is 64.4 Å². The van der Waals surface area contributed by atoms with Crippen LogP contribution in [0.1, 0.15) is 60.3 Å². The van der Waals surface area contributed by atoms with Gasteiger partial charge in [-0.1, -0.05) is 40.5 Å². The summed E-state index contributed by atoms with van der Waals surface area (Å²) in [6.07, 6.45) is 3.65. The van der Waals surface area contributed by atoms with E-state index in [-0.39, 0.29) is 11.9 Å². The zero-order chi connectivity index (χ0) is 15.6. The Morgan fingerprint density at radius 2 is 1.75 bits per heavy atom. The maximum Gasteiger partial charge on any atom is 0.227 e. The van der Waals surface area contributed by atoms with Crippen LogP contribution in [0.2, 0.25) is 0 Å². The van der Waals surface area contributed by atoms with Crippen LogP contribution in [-0.2, 0) is 9.53 Å². The van der Waals surface area contributed by atoms with E-state index in [1.54, 1.807) is 0 Å². The summed E-state index contributed by atoms with van der Waals surface area (Å²) in [5.41, 5.74) is 5.53. The van der Waals surface area contributed by atoms with Gasteiger partial charge in [0.25, 0.3) is 0 Å². The Balaban J connectivity index is 4.85. The van der Waals surface area contributed by atoms with Gasteiger partial charge in [0.15, 0.2) is 0 Å². The highest BCUT2D eigenvalue weighted by molar-refractivity contribution is 5.83. The van der Waals surface area contributed by atoms with Gasteiger partial charge in [0.05, 0.1) is 18.1 Å². The second-order valence-corrected chi connectivity index (χ2v) is 5.97. The third-order valence-corrected chi connectivity index (χ3v) is 3.95. The molecule has 4 nitrogen and oxygen atoms in total. The quantitative estimate of drug-likeness (QED) is 0.614. The van der Waals surface area contributed by atoms with Crippen molar-refractivity contribution in [2.45, 2.75) is 66.3 Å². The summed E-state index contributed by atoms with van der Waals surface area (Å²) in [6, 6.07) is 0.0575. The van der Waals surface area contributed by atoms with Crippen LogP contribution in [-0.4, -0.2) is 31.7 Å². The van der Waals surface area contributed by atoms with Crippen molar-refractivity contribution < 1.29 is 9.53 Å². The summed E-state index contributed by atoms with van der Waals surface area (Å²) in [5, 5.41) is 3.17. The molecule has 4 heteroatoms. The minimum atomic E-state index is -0.414. The molecule has 0 aromatic carbocycles. The number of hydrogen-bond donors (Lipinski definition) is 2. The minimum absolute atomic E-state index is 0.0575. The molecule has 0 saturated carbocycles. The van der Waals surface area contributed by atoms with Crippen LogP contribution in [0.5, 0.6) is 0 Å². The molecule has 3 N–H and O–H groups in total. The fraction of sp³-hybridized carbons (Fsp3) is 0.938. The molecule has 0 spiro atoms. The molecular formula is C16H34N2O2. The zero-order valence-electron chi connectivity index (χ0n) is 14.0. The van der Waals surface area contributed by atoms with Crippen molar-refractivity contribution in [1.29, 1.82) is 0 Å². The van der Waals surface area contributed by atoms with Crippen LogP contribution < -0.4 is 11.1 Å². The van der Waals surface area contributed by atoms with Crippen molar-refractivity contribution in [2.24, 2.45) is 17.1 Å². The fourth-order valence-corrected chi connectivity index (χ4v) is 2.57. The molecule has 0 radical (unpaired) electrons. The van der Waals surface area contributed by atoms with Crippen molar-refractivity contribution in [2.75, 3.05) is 19.8 Å². The molecule has 120 valence electrons. The molecule has 0 aromatic rings. The molecule has 1 unspecified atom stereocenters. The normalized spacial score (nSPS) is 13.6. The molecule has 20 heavy (non-hydrogen) atoms. The summed E-state index contributed by atoms with van der Waals surface area (Å²) in [5.74, 6) is 0.450. The highest BCUT2D eigenvalue weighted by Crippen LogP contribution is 2.29. The van der Waals surface area contributed by atoms with Crippen molar-refractivity contribution in [3.63, 3.8) is 0 Å². The highest BCUT2D eigenvalue weighted by atomic mass is 16.5. The van der Waals surface area contributed by atoms with E-state index in [2.05, 4.69) is 33.0 Å². The molecule has 0 saturated heterocycles. The first kappa shape index (κ1) is 19.4. The van der Waals surface area contributed by atoms with Gasteiger partial charge in [0, 0.05) is 13.2 Å². The SMILES string of the molecule is CCCC(CN)(CCC)C(=O)NC(COCC)C(C)C. The van der Waals surface area contributed by atoms with E-state index in [4.69, 9.17) is 10.5 Å². The number of carbonyl (C=O) groups is 1. The Hall–Kier alpha value is -0.610. The summed E-state index contributed by atoms with van der Waals surface area (Å²) >= 11 is 0. The van der Waals surface area contributed by atoms with Gasteiger partial charge >= 0.3 is 0 Å². The van der Waals surface area contributed by atoms with Crippen LogP contribution in [0.15, 0.2) is 0 Å². The Kier molecular flexibility index (Phi) is 9.86. The lowest BCUT2D eigenvalue weighted by Crippen LogP contribution is -2.52. The van der Waals surface area contributed by atoms with E-state index in [9.17, 15) is 4.79 Å². The van der Waals surface area contributed by atoms with Gasteiger partial charge in [-0.25, -0.2) is 0 Å². The lowest BCUT2D eigenvalue weighted by Gasteiger charge is -2.33. The Morgan fingerprint density at radius 3 is 2.10 bits per heavy atom. The van der Waals surface area contributed by atoms with Crippen LogP contribution in [0.4, 0.5) is 0 Å². The predicted octanol–water partition coefficient (Wildman–Crippen LogP) is 2.71. The summed E-state index contributed by atoms with van der Waals surface area (Å²) < 4.78 is 5.48. The molecule has 1 amide bonds. The number of ether oxygens (including phenoxy) is 1. The monoisotopic (exact) mass is 286 g/mol. The fourth-order valence-electron chi connectivity index (χ4n) is 2.57. The maximum atomic E-state index is 12.7. The van der Waals surface area contributed by atoms with Crippen molar-refractivity contribution in [3.05, 3.63) is 0 Å². The summed E-state index contributed by atoms with van der Waals surface area (Å²) in [6.45, 7) is 12.0. The van der Waals surface area contributed by atoms with Crippen LogP contribution in [0.25, 0.3) is 0 Å². The lowest BCUT2D eigenvalue weighted by molar-refractivity contribution is -0.133. The summed E-state index contributed by atoms with van der Waals surface area (Å²) in [7, 11) is 0. The third kappa shape index (κ3) is 5.80. The van der Waals surface area contributed by atoms with E-state index in [1.165, 1.54) is 0 Å². The van der Waals surface area contributed by atoms with Crippen molar-refractivity contribution in [3.8, 4) is 0 Å². The average Bonchev–Trinajstić information content (AvgIpc) is 2.42. The highest BCUT2D eigenvalue weighted by Gasteiger charge is 2.36. The standard InChI is InChI=1S/C16H34N2O2/c1-6-9-16(12-17,10-7-2)15(19)18-14(13(4)5)11-20-8-3/h13-14H,6-12,17H2,1-5H3,(H,18,19). The molecule has 0 rings (SSSR count). The first-order valence-electron chi connectivity index (χ1n) is 8.06. The third-order valence-electron chi connectivity index (χ3n) is 3.95. The smallest absolute Gasteiger partial charge is 0.227 e.